The average Bonchev–Trinajstić information content (AvgIpc) is 2.57. The van der Waals surface area contributed by atoms with Crippen LogP contribution in [0.15, 0.2) is 24.3 Å². The Hall–Kier alpha value is -1.55. The SMILES string of the molecule is C.O=C(NC1CCCCC1)c1ccc(OC2CCCCO2)cc1. The Morgan fingerprint density at radius 2 is 1.70 bits per heavy atom. The molecule has 0 bridgehead atoms. The molecule has 1 amide bonds. The van der Waals surface area contributed by atoms with Gasteiger partial charge in [-0.3, -0.25) is 4.79 Å². The molecule has 128 valence electrons. The summed E-state index contributed by atoms with van der Waals surface area (Å²) in [6, 6.07) is 7.71. The first-order valence-electron chi connectivity index (χ1n) is 8.50. The maximum atomic E-state index is 12.2. The number of carbonyl (C=O) groups excluding carboxylic acids is 1. The maximum absolute atomic E-state index is 12.2. The van der Waals surface area contributed by atoms with Crippen molar-refractivity contribution in [2.45, 2.75) is 71.1 Å². The fraction of sp³-hybridized carbons (Fsp3) is 0.632. The van der Waals surface area contributed by atoms with Crippen LogP contribution in [0.4, 0.5) is 0 Å². The van der Waals surface area contributed by atoms with Gasteiger partial charge in [-0.2, -0.15) is 0 Å². The van der Waals surface area contributed by atoms with Crippen molar-refractivity contribution in [1.82, 2.24) is 5.32 Å². The van der Waals surface area contributed by atoms with Crippen molar-refractivity contribution in [2.24, 2.45) is 0 Å². The summed E-state index contributed by atoms with van der Waals surface area (Å²) >= 11 is 0. The van der Waals surface area contributed by atoms with Gasteiger partial charge >= 0.3 is 0 Å². The fourth-order valence-corrected chi connectivity index (χ4v) is 3.16. The molecular weight excluding hydrogens is 290 g/mol. The summed E-state index contributed by atoms with van der Waals surface area (Å²) < 4.78 is 11.3. The van der Waals surface area contributed by atoms with Crippen molar-refractivity contribution in [3.05, 3.63) is 29.8 Å². The molecule has 3 rings (SSSR count). The smallest absolute Gasteiger partial charge is 0.251 e. The molecule has 1 N–H and O–H groups in total. The van der Waals surface area contributed by atoms with E-state index in [0.29, 0.717) is 11.6 Å². The number of rotatable bonds is 4. The number of amides is 1. The second-order valence-electron chi connectivity index (χ2n) is 6.25. The third-order valence-electron chi connectivity index (χ3n) is 4.46. The van der Waals surface area contributed by atoms with Crippen LogP contribution in [0.2, 0.25) is 0 Å². The summed E-state index contributed by atoms with van der Waals surface area (Å²) in [5.74, 6) is 0.786. The predicted octanol–water partition coefficient (Wildman–Crippen LogP) is 4.29. The lowest BCUT2D eigenvalue weighted by molar-refractivity contribution is -0.105. The van der Waals surface area contributed by atoms with Crippen LogP contribution < -0.4 is 10.1 Å². The summed E-state index contributed by atoms with van der Waals surface area (Å²) in [5.41, 5.74) is 0.697. The van der Waals surface area contributed by atoms with Gasteiger partial charge in [0.05, 0.1) is 6.61 Å². The number of ether oxygens (including phenoxy) is 2. The fourth-order valence-electron chi connectivity index (χ4n) is 3.16. The molecule has 0 spiro atoms. The van der Waals surface area contributed by atoms with E-state index in [1.54, 1.807) is 0 Å². The van der Waals surface area contributed by atoms with Crippen LogP contribution in [-0.2, 0) is 4.74 Å². The lowest BCUT2D eigenvalue weighted by Crippen LogP contribution is -2.36. The number of nitrogens with one attached hydrogen (secondary N) is 1. The molecule has 1 aliphatic carbocycles. The number of carbonyl (C=O) groups is 1. The van der Waals surface area contributed by atoms with E-state index in [0.717, 1.165) is 44.5 Å². The summed E-state index contributed by atoms with van der Waals surface area (Å²) in [7, 11) is 0. The topological polar surface area (TPSA) is 47.6 Å². The van der Waals surface area contributed by atoms with E-state index in [1.165, 1.54) is 19.3 Å². The van der Waals surface area contributed by atoms with Crippen molar-refractivity contribution in [1.29, 1.82) is 0 Å². The molecule has 1 saturated heterocycles. The van der Waals surface area contributed by atoms with Crippen LogP contribution in [0.1, 0.15) is 69.2 Å². The third kappa shape index (κ3) is 5.24. The summed E-state index contributed by atoms with van der Waals surface area (Å²) in [6.45, 7) is 0.770. The second kappa shape index (κ2) is 8.92. The quantitative estimate of drug-likeness (QED) is 0.900. The Kier molecular flexibility index (Phi) is 6.90. The van der Waals surface area contributed by atoms with Crippen molar-refractivity contribution in [3.63, 3.8) is 0 Å². The van der Waals surface area contributed by atoms with E-state index < -0.39 is 0 Å². The van der Waals surface area contributed by atoms with Gasteiger partial charge in [-0.05, 0) is 49.9 Å². The van der Waals surface area contributed by atoms with Crippen LogP contribution in [0.3, 0.4) is 0 Å². The number of benzene rings is 1. The average molecular weight is 319 g/mol. The minimum Gasteiger partial charge on any atom is -0.465 e. The third-order valence-corrected chi connectivity index (χ3v) is 4.46. The van der Waals surface area contributed by atoms with Gasteiger partial charge in [0.1, 0.15) is 5.75 Å². The zero-order chi connectivity index (χ0) is 15.2. The zero-order valence-electron chi connectivity index (χ0n) is 13.1. The molecule has 1 aliphatic heterocycles. The van der Waals surface area contributed by atoms with E-state index in [-0.39, 0.29) is 19.6 Å². The van der Waals surface area contributed by atoms with E-state index in [9.17, 15) is 4.79 Å². The van der Waals surface area contributed by atoms with Crippen molar-refractivity contribution in [2.75, 3.05) is 6.61 Å². The Labute approximate surface area is 139 Å². The minimum absolute atomic E-state index is 0. The van der Waals surface area contributed by atoms with Crippen LogP contribution in [0, 0.1) is 0 Å². The molecule has 4 nitrogen and oxygen atoms in total. The summed E-state index contributed by atoms with van der Waals surface area (Å²) in [5, 5.41) is 3.13. The van der Waals surface area contributed by atoms with Crippen LogP contribution in [0.25, 0.3) is 0 Å². The zero-order valence-corrected chi connectivity index (χ0v) is 13.1. The van der Waals surface area contributed by atoms with Gasteiger partial charge in [-0.15, -0.1) is 0 Å². The van der Waals surface area contributed by atoms with E-state index in [1.807, 2.05) is 24.3 Å². The highest BCUT2D eigenvalue weighted by atomic mass is 16.7. The monoisotopic (exact) mass is 319 g/mol. The summed E-state index contributed by atoms with van der Waals surface area (Å²) in [6.07, 6.45) is 8.99. The van der Waals surface area contributed by atoms with Gasteiger partial charge in [0.15, 0.2) is 6.29 Å². The van der Waals surface area contributed by atoms with Gasteiger partial charge in [0, 0.05) is 18.0 Å². The highest BCUT2D eigenvalue weighted by Gasteiger charge is 2.17. The van der Waals surface area contributed by atoms with Crippen molar-refractivity contribution in [3.8, 4) is 5.75 Å². The first-order chi connectivity index (χ1) is 10.8. The van der Waals surface area contributed by atoms with Gasteiger partial charge in [0.2, 0.25) is 0 Å². The highest BCUT2D eigenvalue weighted by molar-refractivity contribution is 5.94. The van der Waals surface area contributed by atoms with Crippen molar-refractivity contribution >= 4 is 5.91 Å². The van der Waals surface area contributed by atoms with Gasteiger partial charge < -0.3 is 14.8 Å². The number of hydrogen-bond donors (Lipinski definition) is 1. The van der Waals surface area contributed by atoms with Crippen LogP contribution in [-0.4, -0.2) is 24.8 Å². The minimum atomic E-state index is -0.143. The molecule has 1 unspecified atom stereocenters. The molecule has 1 aromatic rings. The molecule has 2 aliphatic rings. The molecule has 0 radical (unpaired) electrons. The molecule has 1 aromatic carbocycles. The van der Waals surface area contributed by atoms with Gasteiger partial charge in [-0.1, -0.05) is 26.7 Å². The van der Waals surface area contributed by atoms with Crippen LogP contribution in [0.5, 0.6) is 5.75 Å². The van der Waals surface area contributed by atoms with Crippen LogP contribution >= 0.6 is 0 Å². The molecule has 4 heteroatoms. The Bertz CT molecular complexity index is 474. The molecule has 1 saturated carbocycles. The molecule has 23 heavy (non-hydrogen) atoms. The van der Waals surface area contributed by atoms with E-state index >= 15 is 0 Å². The molecular formula is C19H29NO3. The largest absolute Gasteiger partial charge is 0.465 e. The predicted molar refractivity (Wildman–Crippen MR) is 91.7 cm³/mol. The lowest BCUT2D eigenvalue weighted by atomic mass is 9.95. The molecule has 2 fully saturated rings. The highest BCUT2D eigenvalue weighted by Crippen LogP contribution is 2.21. The first-order valence-corrected chi connectivity index (χ1v) is 8.50. The summed E-state index contributed by atoms with van der Waals surface area (Å²) in [4.78, 5) is 12.2. The van der Waals surface area contributed by atoms with Gasteiger partial charge in [0.25, 0.3) is 5.91 Å². The standard InChI is InChI=1S/C18H25NO3.CH4/c20-18(19-15-6-2-1-3-7-15)14-9-11-16(12-10-14)22-17-8-4-5-13-21-17;/h9-12,15,17H,1-8,13H2,(H,19,20);1H4. The van der Waals surface area contributed by atoms with Crippen molar-refractivity contribution < 1.29 is 14.3 Å². The van der Waals surface area contributed by atoms with Gasteiger partial charge in [-0.25, -0.2) is 0 Å². The maximum Gasteiger partial charge on any atom is 0.251 e. The Morgan fingerprint density at radius 3 is 2.35 bits per heavy atom. The Morgan fingerprint density at radius 1 is 1.00 bits per heavy atom. The lowest BCUT2D eigenvalue weighted by Gasteiger charge is -2.24. The molecule has 0 aromatic heterocycles. The number of hydrogen-bond acceptors (Lipinski definition) is 3. The molecule has 1 atom stereocenters. The first kappa shape index (κ1) is 17.8. The normalized spacial score (nSPS) is 22.0. The Balaban J connectivity index is 0.00000192. The van der Waals surface area contributed by atoms with E-state index in [4.69, 9.17) is 9.47 Å². The second-order valence-corrected chi connectivity index (χ2v) is 6.25. The molecule has 1 heterocycles. The van der Waals surface area contributed by atoms with E-state index in [2.05, 4.69) is 5.32 Å².